The van der Waals surface area contributed by atoms with Gasteiger partial charge in [0.15, 0.2) is 0 Å². The molecule has 13 heavy (non-hydrogen) atoms. The van der Waals surface area contributed by atoms with E-state index in [4.69, 9.17) is 0 Å². The summed E-state index contributed by atoms with van der Waals surface area (Å²) < 4.78 is 12.6. The summed E-state index contributed by atoms with van der Waals surface area (Å²) in [7, 11) is 0. The van der Waals surface area contributed by atoms with Crippen LogP contribution in [-0.2, 0) is 0 Å². The van der Waals surface area contributed by atoms with E-state index < -0.39 is 0 Å². The Morgan fingerprint density at radius 3 is 2.46 bits per heavy atom. The molecule has 0 bridgehead atoms. The third-order valence-electron chi connectivity index (χ3n) is 2.47. The highest BCUT2D eigenvalue weighted by Crippen LogP contribution is 2.44. The fraction of sp³-hybridized carbons (Fsp3) is 0.455. The first-order valence-corrected chi connectivity index (χ1v) is 5.61. The Balaban J connectivity index is 2.13. The van der Waals surface area contributed by atoms with Gasteiger partial charge in [-0.15, -0.1) is 0 Å². The topological polar surface area (TPSA) is 0 Å². The van der Waals surface area contributed by atoms with Crippen molar-refractivity contribution >= 4 is 11.8 Å². The van der Waals surface area contributed by atoms with Crippen LogP contribution in [0.2, 0.25) is 0 Å². The molecule has 0 aromatic heterocycles. The Morgan fingerprint density at radius 1 is 1.23 bits per heavy atom. The summed E-state index contributed by atoms with van der Waals surface area (Å²) in [5.74, 6) is -0.139. The summed E-state index contributed by atoms with van der Waals surface area (Å²) in [6.45, 7) is 2.26. The Kier molecular flexibility index (Phi) is 2.58. The molecule has 0 nitrogen and oxygen atoms in total. The molecular formula is C11H13FS. The summed E-state index contributed by atoms with van der Waals surface area (Å²) in [6.07, 6.45) is 2.52. The van der Waals surface area contributed by atoms with Crippen LogP contribution in [0, 0.1) is 5.82 Å². The molecule has 2 unspecified atom stereocenters. The van der Waals surface area contributed by atoms with E-state index in [1.54, 1.807) is 12.1 Å². The second-order valence-corrected chi connectivity index (χ2v) is 5.21. The lowest BCUT2D eigenvalue weighted by molar-refractivity contribution is 0.626. The minimum absolute atomic E-state index is 0.139. The molecule has 0 aliphatic carbocycles. The first-order chi connectivity index (χ1) is 6.25. The lowest BCUT2D eigenvalue weighted by atomic mass is 10.1. The summed E-state index contributed by atoms with van der Waals surface area (Å²) in [4.78, 5) is 0. The lowest BCUT2D eigenvalue weighted by Gasteiger charge is -2.08. The average Bonchev–Trinajstić information content (AvgIpc) is 2.53. The Labute approximate surface area is 82.5 Å². The Hall–Kier alpha value is -0.500. The van der Waals surface area contributed by atoms with Gasteiger partial charge < -0.3 is 0 Å². The van der Waals surface area contributed by atoms with Gasteiger partial charge >= 0.3 is 0 Å². The number of thioether (sulfide) groups is 1. The number of rotatable bonds is 1. The monoisotopic (exact) mass is 196 g/mol. The van der Waals surface area contributed by atoms with Gasteiger partial charge in [-0.1, -0.05) is 19.1 Å². The van der Waals surface area contributed by atoms with Crippen molar-refractivity contribution < 1.29 is 4.39 Å². The number of halogens is 1. The zero-order valence-corrected chi connectivity index (χ0v) is 8.48. The second kappa shape index (κ2) is 3.70. The molecule has 2 heteroatoms. The largest absolute Gasteiger partial charge is 0.207 e. The van der Waals surface area contributed by atoms with E-state index >= 15 is 0 Å². The molecule has 1 aromatic carbocycles. The van der Waals surface area contributed by atoms with Crippen LogP contribution < -0.4 is 0 Å². The van der Waals surface area contributed by atoms with Gasteiger partial charge in [0, 0.05) is 10.5 Å². The third kappa shape index (κ3) is 2.05. The first kappa shape index (κ1) is 9.07. The van der Waals surface area contributed by atoms with E-state index in [0.29, 0.717) is 5.25 Å². The number of benzene rings is 1. The van der Waals surface area contributed by atoms with E-state index in [1.165, 1.54) is 18.4 Å². The van der Waals surface area contributed by atoms with Crippen LogP contribution in [-0.4, -0.2) is 5.25 Å². The van der Waals surface area contributed by atoms with Gasteiger partial charge in [-0.2, -0.15) is 11.8 Å². The zero-order chi connectivity index (χ0) is 9.26. The fourth-order valence-corrected chi connectivity index (χ4v) is 3.14. The maximum absolute atomic E-state index is 12.6. The van der Waals surface area contributed by atoms with Crippen LogP contribution >= 0.6 is 11.8 Å². The van der Waals surface area contributed by atoms with Gasteiger partial charge in [0.05, 0.1) is 0 Å². The van der Waals surface area contributed by atoms with Crippen molar-refractivity contribution in [3.63, 3.8) is 0 Å². The molecule has 2 rings (SSSR count). The molecule has 1 aliphatic rings. The minimum atomic E-state index is -0.139. The van der Waals surface area contributed by atoms with Gasteiger partial charge in [0.25, 0.3) is 0 Å². The summed E-state index contributed by atoms with van der Waals surface area (Å²) in [6, 6.07) is 6.92. The Morgan fingerprint density at radius 2 is 1.92 bits per heavy atom. The van der Waals surface area contributed by atoms with Crippen molar-refractivity contribution in [1.29, 1.82) is 0 Å². The molecule has 2 atom stereocenters. The van der Waals surface area contributed by atoms with Crippen molar-refractivity contribution in [2.45, 2.75) is 30.3 Å². The zero-order valence-electron chi connectivity index (χ0n) is 7.66. The highest BCUT2D eigenvalue weighted by molar-refractivity contribution is 8.00. The lowest BCUT2D eigenvalue weighted by Crippen LogP contribution is -1.88. The van der Waals surface area contributed by atoms with Crippen molar-refractivity contribution in [3.05, 3.63) is 35.6 Å². The Bertz CT molecular complexity index is 281. The van der Waals surface area contributed by atoms with Crippen LogP contribution in [0.1, 0.15) is 30.6 Å². The van der Waals surface area contributed by atoms with Crippen LogP contribution in [0.15, 0.2) is 24.3 Å². The van der Waals surface area contributed by atoms with Gasteiger partial charge in [0.2, 0.25) is 0 Å². The molecule has 1 aliphatic heterocycles. The normalized spacial score (nSPS) is 27.8. The van der Waals surface area contributed by atoms with E-state index in [9.17, 15) is 4.39 Å². The predicted octanol–water partition coefficient (Wildman–Crippen LogP) is 3.78. The van der Waals surface area contributed by atoms with Gasteiger partial charge in [-0.25, -0.2) is 4.39 Å². The molecule has 70 valence electrons. The maximum atomic E-state index is 12.6. The number of hydrogen-bond acceptors (Lipinski definition) is 1. The first-order valence-electron chi connectivity index (χ1n) is 4.66. The molecular weight excluding hydrogens is 183 g/mol. The van der Waals surface area contributed by atoms with Crippen molar-refractivity contribution in [1.82, 2.24) is 0 Å². The summed E-state index contributed by atoms with van der Waals surface area (Å²) in [5, 5.41) is 1.35. The molecule has 0 saturated carbocycles. The standard InChI is InChI=1S/C11H13FS/c1-8-2-7-11(13-8)9-3-5-10(12)6-4-9/h3-6,8,11H,2,7H2,1H3. The van der Waals surface area contributed by atoms with Gasteiger partial charge in [-0.3, -0.25) is 0 Å². The smallest absolute Gasteiger partial charge is 0.123 e. The average molecular weight is 196 g/mol. The van der Waals surface area contributed by atoms with Crippen LogP contribution in [0.4, 0.5) is 4.39 Å². The van der Waals surface area contributed by atoms with Gasteiger partial charge in [-0.05, 0) is 30.5 Å². The quantitative estimate of drug-likeness (QED) is 0.658. The highest BCUT2D eigenvalue weighted by atomic mass is 32.2. The van der Waals surface area contributed by atoms with Crippen LogP contribution in [0.3, 0.4) is 0 Å². The van der Waals surface area contributed by atoms with E-state index in [-0.39, 0.29) is 5.82 Å². The summed E-state index contributed by atoms with van der Waals surface area (Å²) in [5.41, 5.74) is 1.27. The van der Waals surface area contributed by atoms with E-state index in [2.05, 4.69) is 6.92 Å². The molecule has 1 saturated heterocycles. The molecule has 0 N–H and O–H groups in total. The fourth-order valence-electron chi connectivity index (χ4n) is 1.73. The molecule has 0 amide bonds. The molecule has 1 aromatic rings. The second-order valence-electron chi connectivity index (χ2n) is 3.56. The minimum Gasteiger partial charge on any atom is -0.207 e. The van der Waals surface area contributed by atoms with E-state index in [0.717, 1.165) is 5.25 Å². The van der Waals surface area contributed by atoms with E-state index in [1.807, 2.05) is 23.9 Å². The van der Waals surface area contributed by atoms with Crippen LogP contribution in [0.25, 0.3) is 0 Å². The van der Waals surface area contributed by atoms with Crippen LogP contribution in [0.5, 0.6) is 0 Å². The van der Waals surface area contributed by atoms with Crippen molar-refractivity contribution in [3.8, 4) is 0 Å². The predicted molar refractivity (Wildman–Crippen MR) is 55.4 cm³/mol. The summed E-state index contributed by atoms with van der Waals surface area (Å²) >= 11 is 2.00. The molecule has 0 radical (unpaired) electrons. The molecule has 1 heterocycles. The van der Waals surface area contributed by atoms with Gasteiger partial charge in [0.1, 0.15) is 5.82 Å². The molecule has 0 spiro atoms. The SMILES string of the molecule is CC1CCC(c2ccc(F)cc2)S1. The third-order valence-corrected chi connectivity index (χ3v) is 4.01. The van der Waals surface area contributed by atoms with Crippen molar-refractivity contribution in [2.24, 2.45) is 0 Å². The number of hydrogen-bond donors (Lipinski definition) is 0. The molecule has 1 fully saturated rings. The highest BCUT2D eigenvalue weighted by Gasteiger charge is 2.22. The maximum Gasteiger partial charge on any atom is 0.123 e. The van der Waals surface area contributed by atoms with Crippen molar-refractivity contribution in [2.75, 3.05) is 0 Å².